The predicted octanol–water partition coefficient (Wildman–Crippen LogP) is 4.85. The molecule has 2 heterocycles. The first-order chi connectivity index (χ1) is 12.6. The topological polar surface area (TPSA) is 56.5 Å². The Morgan fingerprint density at radius 3 is 2.38 bits per heavy atom. The van der Waals surface area contributed by atoms with Crippen molar-refractivity contribution < 1.29 is 0 Å². The SMILES string of the molecule is CCn1c(CSc2nc(C)cc(C)n2)nnc1S[C@H](C)c1ccccc1. The van der Waals surface area contributed by atoms with Gasteiger partial charge in [0.05, 0.1) is 5.75 Å². The monoisotopic (exact) mass is 385 g/mol. The van der Waals surface area contributed by atoms with Crippen LogP contribution in [0.3, 0.4) is 0 Å². The van der Waals surface area contributed by atoms with E-state index in [0.717, 1.165) is 34.1 Å². The standard InChI is InChI=1S/C19H23N5S2/c1-5-24-17(12-25-18-20-13(2)11-14(3)21-18)22-23-19(24)26-15(4)16-9-7-6-8-10-16/h6-11,15H,5,12H2,1-4H3/t15-/m1/s1. The van der Waals surface area contributed by atoms with Crippen LogP contribution in [0.5, 0.6) is 0 Å². The van der Waals surface area contributed by atoms with Crippen LogP contribution in [0.1, 0.15) is 41.9 Å². The molecule has 1 atom stereocenters. The Labute approximate surface area is 163 Å². The zero-order chi connectivity index (χ0) is 18.5. The number of aromatic nitrogens is 5. The van der Waals surface area contributed by atoms with Gasteiger partial charge >= 0.3 is 0 Å². The molecule has 136 valence electrons. The molecule has 0 fully saturated rings. The van der Waals surface area contributed by atoms with Gasteiger partial charge in [0, 0.05) is 23.2 Å². The number of aryl methyl sites for hydroxylation is 2. The summed E-state index contributed by atoms with van der Waals surface area (Å²) in [5.74, 6) is 1.67. The van der Waals surface area contributed by atoms with Crippen molar-refractivity contribution in [1.29, 1.82) is 0 Å². The Hall–Kier alpha value is -1.86. The lowest BCUT2D eigenvalue weighted by Crippen LogP contribution is -2.03. The highest BCUT2D eigenvalue weighted by Gasteiger charge is 2.16. The highest BCUT2D eigenvalue weighted by molar-refractivity contribution is 7.99. The average molecular weight is 386 g/mol. The maximum Gasteiger partial charge on any atom is 0.191 e. The van der Waals surface area contributed by atoms with Crippen molar-refractivity contribution in [3.05, 3.63) is 59.2 Å². The summed E-state index contributed by atoms with van der Waals surface area (Å²) in [6.07, 6.45) is 0. The number of rotatable bonds is 7. The smallest absolute Gasteiger partial charge is 0.191 e. The molecular formula is C19H23N5S2. The molecule has 0 saturated heterocycles. The van der Waals surface area contributed by atoms with E-state index in [-0.39, 0.29) is 0 Å². The summed E-state index contributed by atoms with van der Waals surface area (Å²) in [6, 6.07) is 12.5. The molecule has 2 aromatic heterocycles. The van der Waals surface area contributed by atoms with E-state index < -0.39 is 0 Å². The van der Waals surface area contributed by atoms with Crippen molar-refractivity contribution in [3.8, 4) is 0 Å². The second kappa shape index (κ2) is 8.68. The van der Waals surface area contributed by atoms with Gasteiger partial charge in [0.25, 0.3) is 0 Å². The summed E-state index contributed by atoms with van der Waals surface area (Å²) < 4.78 is 2.18. The molecular weight excluding hydrogens is 362 g/mol. The van der Waals surface area contributed by atoms with E-state index in [0.29, 0.717) is 11.0 Å². The largest absolute Gasteiger partial charge is 0.306 e. The Balaban J connectivity index is 1.71. The normalized spacial score (nSPS) is 12.3. The molecule has 5 nitrogen and oxygen atoms in total. The first-order valence-corrected chi connectivity index (χ1v) is 10.5. The molecule has 0 amide bonds. The highest BCUT2D eigenvalue weighted by atomic mass is 32.2. The van der Waals surface area contributed by atoms with Gasteiger partial charge < -0.3 is 4.57 Å². The zero-order valence-corrected chi connectivity index (χ0v) is 17.1. The summed E-state index contributed by atoms with van der Waals surface area (Å²) in [5.41, 5.74) is 3.28. The minimum absolute atomic E-state index is 0.328. The van der Waals surface area contributed by atoms with Gasteiger partial charge in [-0.25, -0.2) is 9.97 Å². The van der Waals surface area contributed by atoms with Crippen LogP contribution in [0.15, 0.2) is 46.7 Å². The summed E-state index contributed by atoms with van der Waals surface area (Å²) in [5, 5.41) is 10.9. The van der Waals surface area contributed by atoms with Gasteiger partial charge in [-0.05, 0) is 39.3 Å². The lowest BCUT2D eigenvalue weighted by atomic mass is 10.2. The Kier molecular flexibility index (Phi) is 6.32. The zero-order valence-electron chi connectivity index (χ0n) is 15.5. The Bertz CT molecular complexity index is 843. The van der Waals surface area contributed by atoms with Crippen LogP contribution >= 0.6 is 23.5 Å². The number of benzene rings is 1. The Morgan fingerprint density at radius 1 is 1.04 bits per heavy atom. The first-order valence-electron chi connectivity index (χ1n) is 8.65. The molecule has 7 heteroatoms. The number of hydrogen-bond donors (Lipinski definition) is 0. The molecule has 0 unspecified atom stereocenters. The van der Waals surface area contributed by atoms with Crippen LogP contribution in [-0.2, 0) is 12.3 Å². The highest BCUT2D eigenvalue weighted by Crippen LogP contribution is 2.34. The van der Waals surface area contributed by atoms with Crippen molar-refractivity contribution >= 4 is 23.5 Å². The third-order valence-corrected chi connectivity index (χ3v) is 5.93. The van der Waals surface area contributed by atoms with Crippen molar-refractivity contribution in [1.82, 2.24) is 24.7 Å². The van der Waals surface area contributed by atoms with E-state index in [1.807, 2.05) is 26.0 Å². The van der Waals surface area contributed by atoms with Crippen LogP contribution in [0.25, 0.3) is 0 Å². The minimum Gasteiger partial charge on any atom is -0.306 e. The fourth-order valence-electron chi connectivity index (χ4n) is 2.67. The molecule has 0 saturated carbocycles. The van der Waals surface area contributed by atoms with Crippen LogP contribution in [-0.4, -0.2) is 24.7 Å². The van der Waals surface area contributed by atoms with Crippen molar-refractivity contribution in [2.45, 2.75) is 55.6 Å². The fourth-order valence-corrected chi connectivity index (χ4v) is 4.62. The molecule has 0 aliphatic heterocycles. The lowest BCUT2D eigenvalue weighted by Gasteiger charge is -2.12. The van der Waals surface area contributed by atoms with Gasteiger partial charge in [-0.1, -0.05) is 53.9 Å². The lowest BCUT2D eigenvalue weighted by molar-refractivity contribution is 0.657. The Morgan fingerprint density at radius 2 is 1.73 bits per heavy atom. The molecule has 0 radical (unpaired) electrons. The maximum atomic E-state index is 4.49. The van der Waals surface area contributed by atoms with Gasteiger partial charge in [-0.2, -0.15) is 0 Å². The van der Waals surface area contributed by atoms with Crippen LogP contribution < -0.4 is 0 Å². The van der Waals surface area contributed by atoms with Crippen LogP contribution in [0, 0.1) is 13.8 Å². The molecule has 0 spiro atoms. The van der Waals surface area contributed by atoms with E-state index in [2.05, 4.69) is 62.8 Å². The molecule has 0 aliphatic carbocycles. The van der Waals surface area contributed by atoms with Gasteiger partial charge in [-0.15, -0.1) is 10.2 Å². The predicted molar refractivity (Wildman–Crippen MR) is 107 cm³/mol. The summed E-state index contributed by atoms with van der Waals surface area (Å²) in [7, 11) is 0. The minimum atomic E-state index is 0.328. The summed E-state index contributed by atoms with van der Waals surface area (Å²) in [4.78, 5) is 8.98. The van der Waals surface area contributed by atoms with Crippen molar-refractivity contribution in [2.75, 3.05) is 0 Å². The summed E-state index contributed by atoms with van der Waals surface area (Å²) >= 11 is 3.35. The molecule has 0 N–H and O–H groups in total. The van der Waals surface area contributed by atoms with E-state index in [9.17, 15) is 0 Å². The second-order valence-corrected chi connectivity index (χ2v) is 8.29. The van der Waals surface area contributed by atoms with Gasteiger partial charge in [0.15, 0.2) is 10.3 Å². The molecule has 3 aromatic rings. The third kappa shape index (κ3) is 4.65. The van der Waals surface area contributed by atoms with E-state index >= 15 is 0 Å². The van der Waals surface area contributed by atoms with Gasteiger partial charge in [0.2, 0.25) is 0 Å². The number of nitrogens with zero attached hydrogens (tertiary/aromatic N) is 5. The fraction of sp³-hybridized carbons (Fsp3) is 0.368. The summed E-state index contributed by atoms with van der Waals surface area (Å²) in [6.45, 7) is 9.16. The van der Waals surface area contributed by atoms with Gasteiger partial charge in [-0.3, -0.25) is 0 Å². The second-order valence-electron chi connectivity index (χ2n) is 6.04. The van der Waals surface area contributed by atoms with E-state index in [4.69, 9.17) is 0 Å². The molecule has 1 aromatic carbocycles. The molecule has 0 aliphatic rings. The average Bonchev–Trinajstić information content (AvgIpc) is 3.01. The third-order valence-electron chi connectivity index (χ3n) is 3.95. The molecule has 26 heavy (non-hydrogen) atoms. The van der Waals surface area contributed by atoms with E-state index in [1.54, 1.807) is 23.5 Å². The first kappa shape index (κ1) is 18.9. The number of thioether (sulfide) groups is 2. The van der Waals surface area contributed by atoms with Gasteiger partial charge in [0.1, 0.15) is 5.82 Å². The molecule has 0 bridgehead atoms. The van der Waals surface area contributed by atoms with E-state index in [1.165, 1.54) is 5.56 Å². The van der Waals surface area contributed by atoms with Crippen molar-refractivity contribution in [3.63, 3.8) is 0 Å². The van der Waals surface area contributed by atoms with Crippen molar-refractivity contribution in [2.24, 2.45) is 0 Å². The molecule has 3 rings (SSSR count). The quantitative estimate of drug-likeness (QED) is 0.428. The van der Waals surface area contributed by atoms with Crippen LogP contribution in [0.2, 0.25) is 0 Å². The number of hydrogen-bond acceptors (Lipinski definition) is 6. The maximum absolute atomic E-state index is 4.49. The van der Waals surface area contributed by atoms with Crippen LogP contribution in [0.4, 0.5) is 0 Å².